The Hall–Kier alpha value is -2.26. The normalized spacial score (nSPS) is 19.9. The first kappa shape index (κ1) is 22.4. The number of carboxylic acids is 1. The van der Waals surface area contributed by atoms with Crippen LogP contribution in [0, 0.1) is 0 Å². The Morgan fingerprint density at radius 2 is 1.77 bits per heavy atom. The van der Waals surface area contributed by atoms with Crippen molar-refractivity contribution in [3.05, 3.63) is 71.4 Å². The van der Waals surface area contributed by atoms with Crippen molar-refractivity contribution in [1.82, 2.24) is 10.2 Å². The first-order valence-electron chi connectivity index (χ1n) is 9.05. The summed E-state index contributed by atoms with van der Waals surface area (Å²) in [5.74, 6) is -1.74. The fraction of sp³-hybridized carbons (Fsp3) is 0.190. The standard InChI is InChI=1S/C21H19N3O4S.Na/c1-12-11-29-20-16(19(26)24(20)17(12)21(27)28)23-18(25)14-9-5-6-10-15(14)22-13-7-3-2-4-8-13;/h2-10,16,20,22H,11H2,1H3,(H,23,25)(H,27,28);/q;+1/p-1/t16-,20?;/m1./s1. The van der Waals surface area contributed by atoms with Crippen LogP contribution in [-0.4, -0.2) is 39.9 Å². The second-order valence-corrected chi connectivity index (χ2v) is 7.92. The maximum atomic E-state index is 12.9. The average Bonchev–Trinajstić information content (AvgIpc) is 2.72. The molecule has 0 saturated carbocycles. The molecule has 2 aromatic rings. The number of nitrogens with one attached hydrogen (secondary N) is 2. The molecule has 9 heteroatoms. The molecule has 2 atom stereocenters. The van der Waals surface area contributed by atoms with E-state index in [0.29, 0.717) is 22.6 Å². The number of β-lactam (4-membered cyclic amide) rings is 1. The molecule has 2 N–H and O–H groups in total. The molecule has 2 amide bonds. The summed E-state index contributed by atoms with van der Waals surface area (Å²) in [4.78, 5) is 38.1. The molecule has 0 spiro atoms. The number of para-hydroxylation sites is 2. The van der Waals surface area contributed by atoms with Crippen molar-refractivity contribution in [3.8, 4) is 0 Å². The number of carbonyl (C=O) groups excluding carboxylic acids is 3. The number of carboxylic acid groups (broad SMARTS) is 1. The molecular weight excluding hydrogens is 413 g/mol. The van der Waals surface area contributed by atoms with E-state index in [1.807, 2.05) is 36.4 Å². The van der Waals surface area contributed by atoms with Crippen molar-refractivity contribution in [2.45, 2.75) is 18.3 Å². The molecular formula is C21H18N3NaO4S. The van der Waals surface area contributed by atoms with Gasteiger partial charge in [-0.15, -0.1) is 11.8 Å². The number of fused-ring (bicyclic) bond motifs is 1. The molecule has 0 aliphatic carbocycles. The minimum atomic E-state index is -1.37. The minimum absolute atomic E-state index is 0. The van der Waals surface area contributed by atoms with Crippen LogP contribution in [0.25, 0.3) is 0 Å². The average molecular weight is 431 g/mol. The Morgan fingerprint density at radius 3 is 2.47 bits per heavy atom. The van der Waals surface area contributed by atoms with Crippen molar-refractivity contribution in [3.63, 3.8) is 0 Å². The first-order chi connectivity index (χ1) is 14.0. The van der Waals surface area contributed by atoms with Gasteiger partial charge in [0.2, 0.25) is 0 Å². The van der Waals surface area contributed by atoms with E-state index >= 15 is 0 Å². The van der Waals surface area contributed by atoms with E-state index in [1.165, 1.54) is 16.7 Å². The van der Waals surface area contributed by atoms with Crippen molar-refractivity contribution in [2.24, 2.45) is 0 Å². The topological polar surface area (TPSA) is 102 Å². The van der Waals surface area contributed by atoms with Crippen molar-refractivity contribution in [2.75, 3.05) is 11.1 Å². The maximum absolute atomic E-state index is 12.9. The number of rotatable bonds is 5. The second kappa shape index (κ2) is 9.26. The fourth-order valence-electron chi connectivity index (χ4n) is 3.45. The van der Waals surface area contributed by atoms with Gasteiger partial charge in [0, 0.05) is 11.4 Å². The molecule has 148 valence electrons. The number of nitrogens with zero attached hydrogens (tertiary/aromatic N) is 1. The van der Waals surface area contributed by atoms with Gasteiger partial charge < -0.3 is 20.5 Å². The van der Waals surface area contributed by atoms with Crippen LogP contribution in [-0.2, 0) is 9.59 Å². The Kier molecular flexibility index (Phi) is 6.92. The van der Waals surface area contributed by atoms with Gasteiger partial charge in [0.1, 0.15) is 11.4 Å². The maximum Gasteiger partial charge on any atom is 1.00 e. The van der Waals surface area contributed by atoms with E-state index in [1.54, 1.807) is 25.1 Å². The zero-order valence-electron chi connectivity index (χ0n) is 16.5. The second-order valence-electron chi connectivity index (χ2n) is 6.81. The van der Waals surface area contributed by atoms with Gasteiger partial charge in [0.15, 0.2) is 0 Å². The first-order valence-corrected chi connectivity index (χ1v) is 10.1. The van der Waals surface area contributed by atoms with E-state index in [4.69, 9.17) is 0 Å². The zero-order chi connectivity index (χ0) is 20.5. The van der Waals surface area contributed by atoms with Crippen molar-refractivity contribution in [1.29, 1.82) is 0 Å². The molecule has 0 radical (unpaired) electrons. The number of anilines is 2. The van der Waals surface area contributed by atoms with Crippen LogP contribution in [0.5, 0.6) is 0 Å². The van der Waals surface area contributed by atoms with E-state index in [2.05, 4.69) is 10.6 Å². The van der Waals surface area contributed by atoms with E-state index in [9.17, 15) is 19.5 Å². The van der Waals surface area contributed by atoms with Gasteiger partial charge >= 0.3 is 29.6 Å². The summed E-state index contributed by atoms with van der Waals surface area (Å²) < 4.78 is 0. The number of carbonyl (C=O) groups is 3. The zero-order valence-corrected chi connectivity index (χ0v) is 19.4. The molecule has 4 rings (SSSR count). The summed E-state index contributed by atoms with van der Waals surface area (Å²) in [5.41, 5.74) is 2.34. The van der Waals surface area contributed by atoms with Crippen LogP contribution in [0.4, 0.5) is 11.4 Å². The SMILES string of the molecule is CC1=C(C(=O)[O-])N2C(=O)[C@@H](NC(=O)c3ccccc3Nc3ccccc3)C2SC1.[Na+]. The number of thioether (sulfide) groups is 1. The molecule has 1 saturated heterocycles. The molecule has 2 aliphatic rings. The predicted molar refractivity (Wildman–Crippen MR) is 108 cm³/mol. The van der Waals surface area contributed by atoms with Crippen LogP contribution >= 0.6 is 11.8 Å². The number of aliphatic carboxylic acids is 1. The predicted octanol–water partition coefficient (Wildman–Crippen LogP) is -1.53. The molecule has 2 aromatic carbocycles. The smallest absolute Gasteiger partial charge is 0.543 e. The number of hydrogen-bond acceptors (Lipinski definition) is 6. The number of amides is 2. The molecule has 30 heavy (non-hydrogen) atoms. The van der Waals surface area contributed by atoms with Gasteiger partial charge in [-0.2, -0.15) is 0 Å². The Bertz CT molecular complexity index is 1030. The van der Waals surface area contributed by atoms with Crippen LogP contribution in [0.3, 0.4) is 0 Å². The van der Waals surface area contributed by atoms with Crippen LogP contribution in [0.15, 0.2) is 65.9 Å². The monoisotopic (exact) mass is 431 g/mol. The minimum Gasteiger partial charge on any atom is -0.543 e. The third-order valence-corrected chi connectivity index (χ3v) is 6.29. The van der Waals surface area contributed by atoms with Crippen LogP contribution in [0.1, 0.15) is 17.3 Å². The van der Waals surface area contributed by atoms with Crippen molar-refractivity contribution < 1.29 is 49.0 Å². The van der Waals surface area contributed by atoms with Gasteiger partial charge in [-0.3, -0.25) is 14.5 Å². The van der Waals surface area contributed by atoms with Gasteiger partial charge in [-0.05, 0) is 36.8 Å². The Labute approximate surface area is 200 Å². The summed E-state index contributed by atoms with van der Waals surface area (Å²) >= 11 is 1.42. The largest absolute Gasteiger partial charge is 1.00 e. The van der Waals surface area contributed by atoms with Crippen molar-refractivity contribution >= 4 is 40.9 Å². The van der Waals surface area contributed by atoms with Crippen LogP contribution < -0.4 is 45.3 Å². The van der Waals surface area contributed by atoms with Gasteiger partial charge in [-0.1, -0.05) is 30.3 Å². The molecule has 1 fully saturated rings. The third kappa shape index (κ3) is 4.13. The fourth-order valence-corrected chi connectivity index (χ4v) is 4.74. The summed E-state index contributed by atoms with van der Waals surface area (Å²) in [7, 11) is 0. The molecule has 0 aromatic heterocycles. The third-order valence-electron chi connectivity index (χ3n) is 4.86. The van der Waals surface area contributed by atoms with Crippen LogP contribution in [0.2, 0.25) is 0 Å². The summed E-state index contributed by atoms with van der Waals surface area (Å²) in [5, 5.41) is 16.9. The van der Waals surface area contributed by atoms with Gasteiger partial charge in [0.05, 0.1) is 22.9 Å². The molecule has 0 bridgehead atoms. The molecule has 1 unspecified atom stereocenters. The van der Waals surface area contributed by atoms with E-state index in [0.717, 1.165) is 5.69 Å². The summed E-state index contributed by atoms with van der Waals surface area (Å²) in [6, 6.07) is 15.7. The number of benzene rings is 2. The Morgan fingerprint density at radius 1 is 1.10 bits per heavy atom. The van der Waals surface area contributed by atoms with E-state index < -0.39 is 29.2 Å². The van der Waals surface area contributed by atoms with Gasteiger partial charge in [0.25, 0.3) is 11.8 Å². The quantitative estimate of drug-likeness (QED) is 0.440. The molecule has 2 aliphatic heterocycles. The van der Waals surface area contributed by atoms with E-state index in [-0.39, 0.29) is 35.3 Å². The molecule has 2 heterocycles. The molecule has 7 nitrogen and oxygen atoms in total. The number of hydrogen-bond donors (Lipinski definition) is 2. The summed E-state index contributed by atoms with van der Waals surface area (Å²) in [6.45, 7) is 1.67. The van der Waals surface area contributed by atoms with Gasteiger partial charge in [-0.25, -0.2) is 0 Å². The Balaban J connectivity index is 0.00000256. The summed E-state index contributed by atoms with van der Waals surface area (Å²) in [6.07, 6.45) is 0.